The average Bonchev–Trinajstić information content (AvgIpc) is 2.80. The summed E-state index contributed by atoms with van der Waals surface area (Å²) in [7, 11) is 0. The van der Waals surface area contributed by atoms with Gasteiger partial charge in [-0.2, -0.15) is 0 Å². The monoisotopic (exact) mass is 383 g/mol. The third kappa shape index (κ3) is 3.09. The fourth-order valence-corrected chi connectivity index (χ4v) is 3.65. The molecule has 134 valence electrons. The molecule has 2 aliphatic heterocycles. The van der Waals surface area contributed by atoms with Crippen molar-refractivity contribution in [1.82, 2.24) is 15.1 Å². The summed E-state index contributed by atoms with van der Waals surface area (Å²) in [5.41, 5.74) is -0.439. The standard InChI is InChI=1S/C17H19Cl2N3O3/c1-10(2)22-15(24)17(20-16(22)25)5-7-21(8-6-17)14(23)11-3-4-12(18)13(19)9-11/h3-4,9-10H,5-8H2,1-2H3,(H,20,25). The number of nitrogens with zero attached hydrogens (tertiary/aromatic N) is 2. The van der Waals surface area contributed by atoms with E-state index in [1.807, 2.05) is 0 Å². The molecule has 3 rings (SSSR count). The van der Waals surface area contributed by atoms with Crippen molar-refractivity contribution in [2.75, 3.05) is 13.1 Å². The highest BCUT2D eigenvalue weighted by Gasteiger charge is 2.53. The number of halogens is 2. The molecule has 2 fully saturated rings. The second kappa shape index (κ2) is 6.50. The molecule has 1 spiro atoms. The van der Waals surface area contributed by atoms with Gasteiger partial charge in [-0.15, -0.1) is 0 Å². The van der Waals surface area contributed by atoms with Crippen LogP contribution in [0.25, 0.3) is 0 Å². The minimum absolute atomic E-state index is 0.161. The van der Waals surface area contributed by atoms with Crippen LogP contribution in [0.15, 0.2) is 18.2 Å². The van der Waals surface area contributed by atoms with E-state index in [-0.39, 0.29) is 23.9 Å². The number of imide groups is 1. The highest BCUT2D eigenvalue weighted by molar-refractivity contribution is 6.42. The molecule has 1 aromatic rings. The highest BCUT2D eigenvalue weighted by atomic mass is 35.5. The average molecular weight is 384 g/mol. The van der Waals surface area contributed by atoms with Crippen LogP contribution >= 0.6 is 23.2 Å². The van der Waals surface area contributed by atoms with Crippen LogP contribution in [0.5, 0.6) is 0 Å². The third-order valence-electron chi connectivity index (χ3n) is 4.78. The first-order valence-electron chi connectivity index (χ1n) is 8.15. The second-order valence-corrected chi connectivity index (χ2v) is 7.52. The lowest BCUT2D eigenvalue weighted by molar-refractivity contribution is -0.133. The molecule has 6 nitrogen and oxygen atoms in total. The zero-order valence-corrected chi connectivity index (χ0v) is 15.5. The van der Waals surface area contributed by atoms with Crippen molar-refractivity contribution in [2.24, 2.45) is 0 Å². The third-order valence-corrected chi connectivity index (χ3v) is 5.52. The Kier molecular flexibility index (Phi) is 4.68. The van der Waals surface area contributed by atoms with Gasteiger partial charge in [-0.25, -0.2) is 4.79 Å². The Balaban J connectivity index is 1.71. The summed E-state index contributed by atoms with van der Waals surface area (Å²) in [4.78, 5) is 40.3. The summed E-state index contributed by atoms with van der Waals surface area (Å²) in [6.07, 6.45) is 0.793. The van der Waals surface area contributed by atoms with Gasteiger partial charge in [-0.1, -0.05) is 23.2 Å². The van der Waals surface area contributed by atoms with Crippen molar-refractivity contribution in [3.05, 3.63) is 33.8 Å². The van der Waals surface area contributed by atoms with E-state index in [4.69, 9.17) is 23.2 Å². The summed E-state index contributed by atoms with van der Waals surface area (Å²) in [5, 5.41) is 3.55. The lowest BCUT2D eigenvalue weighted by Gasteiger charge is -2.37. The van der Waals surface area contributed by atoms with Crippen LogP contribution in [0.3, 0.4) is 0 Å². The number of piperidine rings is 1. The molecular weight excluding hydrogens is 365 g/mol. The Morgan fingerprint density at radius 1 is 1.16 bits per heavy atom. The van der Waals surface area contributed by atoms with E-state index < -0.39 is 5.54 Å². The molecule has 8 heteroatoms. The molecule has 0 saturated carbocycles. The molecule has 1 N–H and O–H groups in total. The van der Waals surface area contributed by atoms with E-state index in [1.54, 1.807) is 36.9 Å². The van der Waals surface area contributed by atoms with Gasteiger partial charge in [0.2, 0.25) is 0 Å². The van der Waals surface area contributed by atoms with Crippen LogP contribution in [0.1, 0.15) is 37.0 Å². The molecule has 1 aromatic carbocycles. The first-order valence-corrected chi connectivity index (χ1v) is 8.91. The lowest BCUT2D eigenvalue weighted by atomic mass is 9.87. The first kappa shape index (κ1) is 18.0. The Morgan fingerprint density at radius 2 is 1.80 bits per heavy atom. The Morgan fingerprint density at radius 3 is 2.32 bits per heavy atom. The molecule has 0 aliphatic carbocycles. The molecule has 0 aromatic heterocycles. The fourth-order valence-electron chi connectivity index (χ4n) is 3.35. The first-order chi connectivity index (χ1) is 11.7. The number of carbonyl (C=O) groups excluding carboxylic acids is 3. The van der Waals surface area contributed by atoms with Crippen molar-refractivity contribution in [1.29, 1.82) is 0 Å². The number of likely N-dealkylation sites (tertiary alicyclic amines) is 1. The van der Waals surface area contributed by atoms with Crippen LogP contribution in [0.2, 0.25) is 10.0 Å². The van der Waals surface area contributed by atoms with Gasteiger partial charge in [-0.3, -0.25) is 14.5 Å². The van der Waals surface area contributed by atoms with Gasteiger partial charge in [-0.05, 0) is 44.9 Å². The van der Waals surface area contributed by atoms with Gasteiger partial charge < -0.3 is 10.2 Å². The van der Waals surface area contributed by atoms with Crippen LogP contribution in [0.4, 0.5) is 4.79 Å². The molecule has 25 heavy (non-hydrogen) atoms. The van der Waals surface area contributed by atoms with Crippen molar-refractivity contribution in [3.63, 3.8) is 0 Å². The molecule has 0 radical (unpaired) electrons. The lowest BCUT2D eigenvalue weighted by Crippen LogP contribution is -2.56. The summed E-state index contributed by atoms with van der Waals surface area (Å²) < 4.78 is 0. The van der Waals surface area contributed by atoms with Crippen LogP contribution < -0.4 is 5.32 Å². The quantitative estimate of drug-likeness (QED) is 0.798. The number of rotatable bonds is 2. The summed E-state index contributed by atoms with van der Waals surface area (Å²) in [5.74, 6) is -0.361. The molecule has 2 saturated heterocycles. The largest absolute Gasteiger partial charge is 0.338 e. The van der Waals surface area contributed by atoms with E-state index in [0.717, 1.165) is 0 Å². The van der Waals surface area contributed by atoms with E-state index >= 15 is 0 Å². The zero-order chi connectivity index (χ0) is 18.4. The molecule has 4 amide bonds. The van der Waals surface area contributed by atoms with Gasteiger partial charge >= 0.3 is 6.03 Å². The van der Waals surface area contributed by atoms with Crippen LogP contribution in [0, 0.1) is 0 Å². The number of carbonyl (C=O) groups is 3. The minimum atomic E-state index is -0.893. The highest BCUT2D eigenvalue weighted by Crippen LogP contribution is 2.31. The van der Waals surface area contributed by atoms with Gasteiger partial charge in [0.25, 0.3) is 11.8 Å². The number of urea groups is 1. The van der Waals surface area contributed by atoms with Gasteiger partial charge in [0.1, 0.15) is 5.54 Å². The predicted molar refractivity (Wildman–Crippen MR) is 94.8 cm³/mol. The fraction of sp³-hybridized carbons (Fsp3) is 0.471. The molecule has 2 aliphatic rings. The van der Waals surface area contributed by atoms with E-state index in [0.29, 0.717) is 41.5 Å². The van der Waals surface area contributed by atoms with Crippen molar-refractivity contribution in [2.45, 2.75) is 38.3 Å². The second-order valence-electron chi connectivity index (χ2n) is 6.70. The summed E-state index contributed by atoms with van der Waals surface area (Å²) in [6, 6.07) is 4.21. The zero-order valence-electron chi connectivity index (χ0n) is 14.0. The topological polar surface area (TPSA) is 69.7 Å². The van der Waals surface area contributed by atoms with Crippen LogP contribution in [-0.4, -0.2) is 52.3 Å². The van der Waals surface area contributed by atoms with Crippen molar-refractivity contribution >= 4 is 41.0 Å². The number of amides is 4. The summed E-state index contributed by atoms with van der Waals surface area (Å²) in [6.45, 7) is 4.38. The molecule has 0 unspecified atom stereocenters. The van der Waals surface area contributed by atoms with Gasteiger partial charge in [0, 0.05) is 24.7 Å². The number of benzene rings is 1. The molecule has 0 atom stereocenters. The van der Waals surface area contributed by atoms with Crippen molar-refractivity contribution in [3.8, 4) is 0 Å². The minimum Gasteiger partial charge on any atom is -0.338 e. The van der Waals surface area contributed by atoms with Crippen molar-refractivity contribution < 1.29 is 14.4 Å². The molecule has 2 heterocycles. The number of nitrogens with one attached hydrogen (secondary N) is 1. The number of hydrogen-bond acceptors (Lipinski definition) is 3. The van der Waals surface area contributed by atoms with Gasteiger partial charge in [0.15, 0.2) is 0 Å². The maximum absolute atomic E-state index is 12.7. The van der Waals surface area contributed by atoms with E-state index in [9.17, 15) is 14.4 Å². The normalized spacial score (nSPS) is 19.7. The predicted octanol–water partition coefficient (Wildman–Crippen LogP) is 2.93. The van der Waals surface area contributed by atoms with Crippen LogP contribution in [-0.2, 0) is 4.79 Å². The molecule has 0 bridgehead atoms. The maximum Gasteiger partial charge on any atom is 0.325 e. The Labute approximate surface area is 156 Å². The maximum atomic E-state index is 12.7. The van der Waals surface area contributed by atoms with E-state index in [2.05, 4.69) is 5.32 Å². The number of hydrogen-bond donors (Lipinski definition) is 1. The Bertz CT molecular complexity index is 743. The molecular formula is C17H19Cl2N3O3. The smallest absolute Gasteiger partial charge is 0.325 e. The van der Waals surface area contributed by atoms with Gasteiger partial charge in [0.05, 0.1) is 10.0 Å². The summed E-state index contributed by atoms with van der Waals surface area (Å²) >= 11 is 11.9. The Hall–Kier alpha value is -1.79. The SMILES string of the molecule is CC(C)N1C(=O)NC2(CCN(C(=O)c3ccc(Cl)c(Cl)c3)CC2)C1=O. The van der Waals surface area contributed by atoms with E-state index in [1.165, 1.54) is 4.90 Å².